The molecule has 1 N–H and O–H groups in total. The van der Waals surface area contributed by atoms with Gasteiger partial charge in [-0.05, 0) is 41.7 Å². The van der Waals surface area contributed by atoms with Crippen LogP contribution in [0.3, 0.4) is 0 Å². The number of rotatable bonds is 5. The number of hydrogen-bond donors (Lipinski definition) is 1. The number of fused-ring (bicyclic) bond motifs is 1. The zero-order valence-corrected chi connectivity index (χ0v) is 20.3. The summed E-state index contributed by atoms with van der Waals surface area (Å²) in [6.45, 7) is 2.45. The van der Waals surface area contributed by atoms with E-state index in [1.54, 1.807) is 11.0 Å². The molecule has 1 aliphatic carbocycles. The zero-order chi connectivity index (χ0) is 24.6. The number of benzene rings is 3. The highest BCUT2D eigenvalue weighted by molar-refractivity contribution is 6.33. The van der Waals surface area contributed by atoms with Crippen LogP contribution in [-0.4, -0.2) is 32.8 Å². The molecular formula is C28H25ClN4O2. The maximum Gasteiger partial charge on any atom is 0.348 e. The summed E-state index contributed by atoms with van der Waals surface area (Å²) in [4.78, 5) is 38.8. The predicted octanol–water partition coefficient (Wildman–Crippen LogP) is 4.92. The highest BCUT2D eigenvalue weighted by atomic mass is 35.5. The van der Waals surface area contributed by atoms with Crippen molar-refractivity contribution in [1.82, 2.24) is 19.9 Å². The third kappa shape index (κ3) is 4.62. The van der Waals surface area contributed by atoms with Crippen molar-refractivity contribution in [2.24, 2.45) is 5.41 Å². The molecule has 1 amide bonds. The summed E-state index contributed by atoms with van der Waals surface area (Å²) < 4.78 is 0. The zero-order valence-electron chi connectivity index (χ0n) is 19.6. The van der Waals surface area contributed by atoms with Gasteiger partial charge >= 0.3 is 5.69 Å². The molecule has 0 atom stereocenters. The molecule has 6 nitrogen and oxygen atoms in total. The lowest BCUT2D eigenvalue weighted by Gasteiger charge is -2.29. The van der Waals surface area contributed by atoms with Gasteiger partial charge in [0.25, 0.3) is 0 Å². The summed E-state index contributed by atoms with van der Waals surface area (Å²) in [6.07, 6.45) is 1.48. The van der Waals surface area contributed by atoms with Crippen molar-refractivity contribution >= 4 is 17.5 Å². The molecule has 4 aromatic rings. The van der Waals surface area contributed by atoms with Gasteiger partial charge in [0.2, 0.25) is 5.91 Å². The van der Waals surface area contributed by atoms with Gasteiger partial charge in [-0.1, -0.05) is 79.2 Å². The monoisotopic (exact) mass is 484 g/mol. The van der Waals surface area contributed by atoms with Crippen molar-refractivity contribution in [3.63, 3.8) is 0 Å². The fourth-order valence-electron chi connectivity index (χ4n) is 4.84. The van der Waals surface area contributed by atoms with E-state index in [4.69, 9.17) is 11.6 Å². The van der Waals surface area contributed by atoms with E-state index in [1.807, 2.05) is 68.6 Å². The van der Waals surface area contributed by atoms with Gasteiger partial charge in [0, 0.05) is 24.7 Å². The first-order valence-corrected chi connectivity index (χ1v) is 11.9. The number of hydrogen-bond acceptors (Lipinski definition) is 4. The van der Waals surface area contributed by atoms with Crippen LogP contribution < -0.4 is 5.69 Å². The van der Waals surface area contributed by atoms with E-state index in [2.05, 4.69) is 27.1 Å². The second-order valence-electron chi connectivity index (χ2n) is 9.35. The fraction of sp³-hybridized carbons (Fsp3) is 0.214. The molecule has 0 saturated carbocycles. The van der Waals surface area contributed by atoms with E-state index >= 15 is 0 Å². The van der Waals surface area contributed by atoms with E-state index < -0.39 is 11.1 Å². The molecule has 176 valence electrons. The van der Waals surface area contributed by atoms with Crippen LogP contribution in [0.25, 0.3) is 22.8 Å². The van der Waals surface area contributed by atoms with Crippen molar-refractivity contribution in [1.29, 1.82) is 0 Å². The molecule has 0 spiro atoms. The molecule has 3 aromatic carbocycles. The maximum absolute atomic E-state index is 13.4. The molecule has 0 aliphatic heterocycles. The van der Waals surface area contributed by atoms with E-state index in [9.17, 15) is 9.59 Å². The van der Waals surface area contributed by atoms with Crippen LogP contribution in [0.1, 0.15) is 23.6 Å². The second kappa shape index (κ2) is 9.12. The first-order chi connectivity index (χ1) is 16.8. The molecule has 5 rings (SSSR count). The number of amides is 1. The number of halogens is 1. The molecule has 0 unspecified atom stereocenters. The Kier molecular flexibility index (Phi) is 5.99. The van der Waals surface area contributed by atoms with Crippen LogP contribution in [0.5, 0.6) is 0 Å². The summed E-state index contributed by atoms with van der Waals surface area (Å²) in [5.74, 6) is 0.765. The van der Waals surface area contributed by atoms with Gasteiger partial charge in [-0.15, -0.1) is 0 Å². The topological polar surface area (TPSA) is 79.0 Å². The van der Waals surface area contributed by atoms with Gasteiger partial charge in [0.05, 0.1) is 10.4 Å². The molecule has 0 radical (unpaired) electrons. The fourth-order valence-corrected chi connectivity index (χ4v) is 5.05. The number of H-pyrrole nitrogens is 1. The van der Waals surface area contributed by atoms with Gasteiger partial charge in [0.15, 0.2) is 5.82 Å². The molecule has 1 aliphatic rings. The first-order valence-electron chi connectivity index (χ1n) is 11.5. The molecule has 1 aromatic heterocycles. The lowest BCUT2D eigenvalue weighted by Crippen LogP contribution is -2.40. The summed E-state index contributed by atoms with van der Waals surface area (Å²) in [5, 5.41) is 0.453. The van der Waals surface area contributed by atoms with E-state index in [0.717, 1.165) is 24.0 Å². The Balaban J connectivity index is 1.40. The smallest absolute Gasteiger partial charge is 0.341 e. The minimum atomic E-state index is -0.503. The number of aromatic amines is 1. The molecular weight excluding hydrogens is 460 g/mol. The second-order valence-corrected chi connectivity index (χ2v) is 9.76. The van der Waals surface area contributed by atoms with Gasteiger partial charge < -0.3 is 4.90 Å². The van der Waals surface area contributed by atoms with Crippen molar-refractivity contribution in [3.05, 3.63) is 105 Å². The molecule has 0 bridgehead atoms. The predicted molar refractivity (Wildman–Crippen MR) is 137 cm³/mol. The van der Waals surface area contributed by atoms with Gasteiger partial charge in [-0.25, -0.2) is 9.78 Å². The quantitative estimate of drug-likeness (QED) is 0.436. The molecule has 0 fully saturated rings. The molecule has 7 heteroatoms. The van der Waals surface area contributed by atoms with E-state index in [0.29, 0.717) is 28.8 Å². The number of aromatic nitrogens is 3. The lowest BCUT2D eigenvalue weighted by molar-refractivity contribution is -0.140. The standard InChI is InChI=1S/C28H25ClN4O2/c1-28(15-20-10-6-7-11-21(20)16-28)26(34)33(2)17-18-12-13-23(29)22(14-18)25-30-24(31-27(35)32-25)19-8-4-3-5-9-19/h3-14H,15-17H2,1-2H3,(H,30,31,32,35). The number of carbonyl (C=O) groups excluding carboxylic acids is 1. The third-order valence-corrected chi connectivity index (χ3v) is 6.86. The van der Waals surface area contributed by atoms with Crippen LogP contribution in [-0.2, 0) is 24.2 Å². The Morgan fingerprint density at radius 1 is 1.00 bits per heavy atom. The Bertz CT molecular complexity index is 1440. The lowest BCUT2D eigenvalue weighted by atomic mass is 9.85. The SMILES string of the molecule is CN(Cc1ccc(Cl)c(-c2nc(-c3ccccc3)nc(=O)[nH]2)c1)C(=O)C1(C)Cc2ccccc2C1. The van der Waals surface area contributed by atoms with Crippen LogP contribution in [0.15, 0.2) is 77.6 Å². The van der Waals surface area contributed by atoms with Crippen molar-refractivity contribution in [2.45, 2.75) is 26.3 Å². The third-order valence-electron chi connectivity index (χ3n) is 6.53. The maximum atomic E-state index is 13.4. The van der Waals surface area contributed by atoms with E-state index in [1.165, 1.54) is 11.1 Å². The summed E-state index contributed by atoms with van der Waals surface area (Å²) >= 11 is 6.49. The Hall–Kier alpha value is -3.77. The Morgan fingerprint density at radius 3 is 2.34 bits per heavy atom. The largest absolute Gasteiger partial charge is 0.348 e. The summed E-state index contributed by atoms with van der Waals surface area (Å²) in [7, 11) is 1.82. The Labute approximate surface area is 208 Å². The summed E-state index contributed by atoms with van der Waals surface area (Å²) in [6, 6.07) is 23.1. The molecule has 35 heavy (non-hydrogen) atoms. The van der Waals surface area contributed by atoms with Gasteiger partial charge in [-0.2, -0.15) is 4.98 Å². The Morgan fingerprint density at radius 2 is 1.66 bits per heavy atom. The number of carbonyl (C=O) groups is 1. The average Bonchev–Trinajstić information content (AvgIpc) is 3.22. The van der Waals surface area contributed by atoms with Crippen LogP contribution >= 0.6 is 11.6 Å². The van der Waals surface area contributed by atoms with Gasteiger partial charge in [-0.3, -0.25) is 9.78 Å². The van der Waals surface area contributed by atoms with Crippen molar-refractivity contribution < 1.29 is 4.79 Å². The number of nitrogens with zero attached hydrogens (tertiary/aromatic N) is 3. The first kappa shape index (κ1) is 23.0. The van der Waals surface area contributed by atoms with Gasteiger partial charge in [0.1, 0.15) is 5.82 Å². The summed E-state index contributed by atoms with van der Waals surface area (Å²) in [5.41, 5.74) is 3.73. The van der Waals surface area contributed by atoms with Crippen LogP contribution in [0.2, 0.25) is 5.02 Å². The van der Waals surface area contributed by atoms with Crippen molar-refractivity contribution in [2.75, 3.05) is 7.05 Å². The highest BCUT2D eigenvalue weighted by Crippen LogP contribution is 2.38. The number of nitrogens with one attached hydrogen (secondary N) is 1. The van der Waals surface area contributed by atoms with E-state index in [-0.39, 0.29) is 5.91 Å². The highest BCUT2D eigenvalue weighted by Gasteiger charge is 2.40. The minimum absolute atomic E-state index is 0.104. The van der Waals surface area contributed by atoms with Crippen LogP contribution in [0.4, 0.5) is 0 Å². The minimum Gasteiger partial charge on any atom is -0.341 e. The average molecular weight is 485 g/mol. The van der Waals surface area contributed by atoms with Crippen molar-refractivity contribution in [3.8, 4) is 22.8 Å². The molecule has 1 heterocycles. The van der Waals surface area contributed by atoms with Crippen LogP contribution in [0, 0.1) is 5.41 Å². The normalized spacial score (nSPS) is 13.9. The molecule has 0 saturated heterocycles.